The molecule has 1 aromatic carbocycles. The van der Waals surface area contributed by atoms with Crippen molar-refractivity contribution < 1.29 is 14.6 Å². The summed E-state index contributed by atoms with van der Waals surface area (Å²) in [5, 5.41) is 17.4. The van der Waals surface area contributed by atoms with E-state index in [0.717, 1.165) is 44.0 Å². The van der Waals surface area contributed by atoms with Gasteiger partial charge in [-0.1, -0.05) is 13.0 Å². The van der Waals surface area contributed by atoms with Gasteiger partial charge in [0.25, 0.3) is 0 Å². The lowest BCUT2D eigenvalue weighted by atomic mass is 10.1. The number of aliphatic hydroxyl groups excluding tert-OH is 1. The highest BCUT2D eigenvalue weighted by Gasteiger charge is 2.19. The fourth-order valence-corrected chi connectivity index (χ4v) is 3.47. The van der Waals surface area contributed by atoms with Gasteiger partial charge in [0.2, 0.25) is 0 Å². The molecular formula is C21H37IN4O3. The van der Waals surface area contributed by atoms with Gasteiger partial charge in [-0.05, 0) is 50.4 Å². The zero-order valence-electron chi connectivity index (χ0n) is 18.1. The third-order valence-corrected chi connectivity index (χ3v) is 5.03. The number of guanidine groups is 1. The Balaban J connectivity index is 0.00000420. The van der Waals surface area contributed by atoms with Gasteiger partial charge in [-0.15, -0.1) is 24.0 Å². The molecule has 7 nitrogen and oxygen atoms in total. The standard InChI is InChI=1S/C21H36N4O3.HI/c1-5-11-25-12-9-17(10-13-25)24-21(22-6-2)23-15-18(26)16-7-8-19(27-3)20(14-16)28-4;/h7-8,14,17-18,26H,5-6,9-13,15H2,1-4H3,(H2,22,23,24);1H. The van der Waals surface area contributed by atoms with Gasteiger partial charge in [0.15, 0.2) is 17.5 Å². The lowest BCUT2D eigenvalue weighted by Gasteiger charge is -2.32. The van der Waals surface area contributed by atoms with Crippen LogP contribution in [0.1, 0.15) is 44.8 Å². The molecule has 1 unspecified atom stereocenters. The maximum atomic E-state index is 10.6. The molecule has 1 aliphatic rings. The summed E-state index contributed by atoms with van der Waals surface area (Å²) in [4.78, 5) is 7.11. The Morgan fingerprint density at radius 1 is 1.21 bits per heavy atom. The number of nitrogens with one attached hydrogen (secondary N) is 2. The Hall–Kier alpha value is -1.26. The fourth-order valence-electron chi connectivity index (χ4n) is 3.47. The molecule has 0 amide bonds. The second kappa shape index (κ2) is 13.9. The van der Waals surface area contributed by atoms with Gasteiger partial charge in [0, 0.05) is 25.7 Å². The van der Waals surface area contributed by atoms with Gasteiger partial charge < -0.3 is 30.1 Å². The van der Waals surface area contributed by atoms with Crippen LogP contribution >= 0.6 is 24.0 Å². The Morgan fingerprint density at radius 3 is 2.48 bits per heavy atom. The zero-order chi connectivity index (χ0) is 20.4. The summed E-state index contributed by atoms with van der Waals surface area (Å²) in [5.74, 6) is 2.01. The van der Waals surface area contributed by atoms with E-state index < -0.39 is 6.10 Å². The largest absolute Gasteiger partial charge is 0.493 e. The zero-order valence-corrected chi connectivity index (χ0v) is 20.4. The summed E-state index contributed by atoms with van der Waals surface area (Å²) >= 11 is 0. The van der Waals surface area contributed by atoms with Crippen LogP contribution in [0.5, 0.6) is 11.5 Å². The van der Waals surface area contributed by atoms with Crippen molar-refractivity contribution in [2.75, 3.05) is 46.9 Å². The number of piperidine rings is 1. The van der Waals surface area contributed by atoms with Crippen LogP contribution in [0.2, 0.25) is 0 Å². The molecule has 0 bridgehead atoms. The number of halogens is 1. The predicted octanol–water partition coefficient (Wildman–Crippen LogP) is 2.78. The van der Waals surface area contributed by atoms with Crippen LogP contribution in [-0.4, -0.2) is 69.0 Å². The number of aliphatic hydroxyl groups is 1. The summed E-state index contributed by atoms with van der Waals surface area (Å²) in [6.07, 6.45) is 2.73. The third-order valence-electron chi connectivity index (χ3n) is 5.03. The molecule has 1 aromatic rings. The van der Waals surface area contributed by atoms with Crippen molar-refractivity contribution in [3.63, 3.8) is 0 Å². The molecule has 1 saturated heterocycles. The minimum Gasteiger partial charge on any atom is -0.493 e. The molecule has 0 saturated carbocycles. The number of methoxy groups -OCH3 is 2. The molecule has 29 heavy (non-hydrogen) atoms. The Labute approximate surface area is 192 Å². The smallest absolute Gasteiger partial charge is 0.191 e. The molecule has 1 fully saturated rings. The van der Waals surface area contributed by atoms with E-state index in [-0.39, 0.29) is 30.5 Å². The van der Waals surface area contributed by atoms with E-state index in [1.54, 1.807) is 26.4 Å². The molecule has 0 spiro atoms. The molecule has 1 aliphatic heterocycles. The SMILES string of the molecule is CCCN1CCC(NC(=NCC(O)c2ccc(OC)c(OC)c2)NCC)CC1.I. The van der Waals surface area contributed by atoms with Gasteiger partial charge in [-0.25, -0.2) is 0 Å². The molecule has 8 heteroatoms. The fraction of sp³-hybridized carbons (Fsp3) is 0.667. The van der Waals surface area contributed by atoms with Crippen molar-refractivity contribution in [3.05, 3.63) is 23.8 Å². The number of benzene rings is 1. The molecule has 1 atom stereocenters. The van der Waals surface area contributed by atoms with Crippen molar-refractivity contribution in [2.45, 2.75) is 45.3 Å². The minimum absolute atomic E-state index is 0. The normalized spacial score (nSPS) is 16.7. The van der Waals surface area contributed by atoms with Crippen molar-refractivity contribution in [1.82, 2.24) is 15.5 Å². The molecule has 3 N–H and O–H groups in total. The summed E-state index contributed by atoms with van der Waals surface area (Å²) in [7, 11) is 3.19. The predicted molar refractivity (Wildman–Crippen MR) is 129 cm³/mol. The second-order valence-electron chi connectivity index (χ2n) is 7.11. The van der Waals surface area contributed by atoms with Gasteiger partial charge >= 0.3 is 0 Å². The first kappa shape index (κ1) is 25.8. The highest BCUT2D eigenvalue weighted by atomic mass is 127. The van der Waals surface area contributed by atoms with E-state index in [9.17, 15) is 5.11 Å². The van der Waals surface area contributed by atoms with E-state index in [0.29, 0.717) is 17.5 Å². The summed E-state index contributed by atoms with van der Waals surface area (Å²) < 4.78 is 10.6. The maximum Gasteiger partial charge on any atom is 0.191 e. The highest BCUT2D eigenvalue weighted by Crippen LogP contribution is 2.30. The summed E-state index contributed by atoms with van der Waals surface area (Å²) in [5.41, 5.74) is 0.755. The first-order valence-corrected chi connectivity index (χ1v) is 10.3. The van der Waals surface area contributed by atoms with Crippen LogP contribution < -0.4 is 20.1 Å². The summed E-state index contributed by atoms with van der Waals surface area (Å²) in [6.45, 7) is 8.76. The molecule has 0 aromatic heterocycles. The van der Waals surface area contributed by atoms with Crippen molar-refractivity contribution >= 4 is 29.9 Å². The minimum atomic E-state index is -0.707. The number of ether oxygens (including phenoxy) is 2. The summed E-state index contributed by atoms with van der Waals surface area (Å²) in [6, 6.07) is 5.85. The van der Waals surface area contributed by atoms with E-state index in [2.05, 4.69) is 27.4 Å². The van der Waals surface area contributed by atoms with E-state index in [1.807, 2.05) is 13.0 Å². The Morgan fingerprint density at radius 2 is 1.90 bits per heavy atom. The highest BCUT2D eigenvalue weighted by molar-refractivity contribution is 14.0. The Bertz CT molecular complexity index is 622. The van der Waals surface area contributed by atoms with Crippen molar-refractivity contribution in [1.29, 1.82) is 0 Å². The molecule has 2 rings (SSSR count). The molecule has 166 valence electrons. The lowest BCUT2D eigenvalue weighted by Crippen LogP contribution is -2.48. The van der Waals surface area contributed by atoms with Gasteiger partial charge in [-0.3, -0.25) is 4.99 Å². The number of likely N-dealkylation sites (tertiary alicyclic amines) is 1. The van der Waals surface area contributed by atoms with Gasteiger partial charge in [0.05, 0.1) is 26.9 Å². The number of rotatable bonds is 9. The first-order chi connectivity index (χ1) is 13.6. The first-order valence-electron chi connectivity index (χ1n) is 10.3. The topological polar surface area (TPSA) is 78.4 Å². The number of aliphatic imine (C=N–C) groups is 1. The monoisotopic (exact) mass is 520 g/mol. The van der Waals surface area contributed by atoms with Crippen LogP contribution in [0.15, 0.2) is 23.2 Å². The van der Waals surface area contributed by atoms with E-state index >= 15 is 0 Å². The van der Waals surface area contributed by atoms with Gasteiger partial charge in [0.1, 0.15) is 0 Å². The average molecular weight is 520 g/mol. The number of hydrogen-bond acceptors (Lipinski definition) is 5. The molecule has 0 aliphatic carbocycles. The molecular weight excluding hydrogens is 483 g/mol. The maximum absolute atomic E-state index is 10.6. The van der Waals surface area contributed by atoms with Crippen LogP contribution in [0.4, 0.5) is 0 Å². The molecule has 1 heterocycles. The van der Waals surface area contributed by atoms with E-state index in [4.69, 9.17) is 9.47 Å². The lowest BCUT2D eigenvalue weighted by molar-refractivity contribution is 0.186. The van der Waals surface area contributed by atoms with Gasteiger partial charge in [-0.2, -0.15) is 0 Å². The van der Waals surface area contributed by atoms with Crippen LogP contribution in [-0.2, 0) is 0 Å². The third kappa shape index (κ3) is 8.18. The van der Waals surface area contributed by atoms with Crippen LogP contribution in [0, 0.1) is 0 Å². The van der Waals surface area contributed by atoms with Crippen LogP contribution in [0.25, 0.3) is 0 Å². The number of nitrogens with zero attached hydrogens (tertiary/aromatic N) is 2. The Kier molecular flexibility index (Phi) is 12.3. The number of hydrogen-bond donors (Lipinski definition) is 3. The quantitative estimate of drug-likeness (QED) is 0.264. The average Bonchev–Trinajstić information content (AvgIpc) is 2.73. The van der Waals surface area contributed by atoms with E-state index in [1.165, 1.54) is 13.0 Å². The second-order valence-corrected chi connectivity index (χ2v) is 7.11. The van der Waals surface area contributed by atoms with Crippen molar-refractivity contribution in [2.24, 2.45) is 4.99 Å². The molecule has 0 radical (unpaired) electrons. The van der Waals surface area contributed by atoms with Crippen molar-refractivity contribution in [3.8, 4) is 11.5 Å². The van der Waals surface area contributed by atoms with Crippen LogP contribution in [0.3, 0.4) is 0 Å².